The molecular weight excluding hydrogens is 335 g/mol. The Kier molecular flexibility index (Phi) is 3.68. The third kappa shape index (κ3) is 2.65. The number of carbonyl (C=O) groups is 1. The Morgan fingerprint density at radius 1 is 1.29 bits per heavy atom. The van der Waals surface area contributed by atoms with Gasteiger partial charge in [-0.25, -0.2) is 4.39 Å². The highest BCUT2D eigenvalue weighted by Crippen LogP contribution is 2.26. The van der Waals surface area contributed by atoms with E-state index in [2.05, 4.69) is 15.9 Å². The van der Waals surface area contributed by atoms with Gasteiger partial charge in [0.05, 0.1) is 4.47 Å². The van der Waals surface area contributed by atoms with E-state index in [0.717, 1.165) is 17.5 Å². The number of hydrogen-bond acceptors (Lipinski definition) is 2. The summed E-state index contributed by atoms with van der Waals surface area (Å²) in [5, 5.41) is 0. The largest absolute Gasteiger partial charge is 0.399 e. The quantitative estimate of drug-likeness (QED) is 0.845. The van der Waals surface area contributed by atoms with Crippen molar-refractivity contribution in [3.05, 3.63) is 63.4 Å². The summed E-state index contributed by atoms with van der Waals surface area (Å²) < 4.78 is 14.0. The van der Waals surface area contributed by atoms with Gasteiger partial charge in [-0.3, -0.25) is 4.79 Å². The van der Waals surface area contributed by atoms with Crippen LogP contribution in [0.3, 0.4) is 0 Å². The molecule has 0 aliphatic carbocycles. The number of nitrogen functional groups attached to an aromatic ring is 1. The van der Waals surface area contributed by atoms with E-state index >= 15 is 0 Å². The number of anilines is 1. The highest BCUT2D eigenvalue weighted by molar-refractivity contribution is 9.10. The Morgan fingerprint density at radius 3 is 2.90 bits per heavy atom. The van der Waals surface area contributed by atoms with Crippen molar-refractivity contribution in [3.63, 3.8) is 0 Å². The van der Waals surface area contributed by atoms with Gasteiger partial charge in [0.1, 0.15) is 5.82 Å². The van der Waals surface area contributed by atoms with Crippen molar-refractivity contribution in [1.29, 1.82) is 0 Å². The van der Waals surface area contributed by atoms with E-state index in [-0.39, 0.29) is 11.7 Å². The van der Waals surface area contributed by atoms with Crippen molar-refractivity contribution < 1.29 is 9.18 Å². The summed E-state index contributed by atoms with van der Waals surface area (Å²) in [5.41, 5.74) is 8.76. The lowest BCUT2D eigenvalue weighted by molar-refractivity contribution is 0.0726. The average Bonchev–Trinajstić information content (AvgIpc) is 2.47. The number of nitrogens with zero attached hydrogens (tertiary/aromatic N) is 1. The van der Waals surface area contributed by atoms with Crippen molar-refractivity contribution in [2.24, 2.45) is 0 Å². The molecule has 0 atom stereocenters. The van der Waals surface area contributed by atoms with E-state index in [1.54, 1.807) is 17.0 Å². The first-order chi connectivity index (χ1) is 10.1. The van der Waals surface area contributed by atoms with Crippen LogP contribution in [0.25, 0.3) is 0 Å². The molecule has 2 aromatic rings. The zero-order valence-corrected chi connectivity index (χ0v) is 12.9. The van der Waals surface area contributed by atoms with E-state index in [9.17, 15) is 9.18 Å². The lowest BCUT2D eigenvalue weighted by atomic mass is 9.98. The standard InChI is InChI=1S/C16H14BrFN2O/c17-15-11(2-1-3-14(15)18)9-20-7-6-10-4-5-12(19)8-13(10)16(20)21/h1-5,8H,6-7,9,19H2. The van der Waals surface area contributed by atoms with Crippen LogP contribution in [0.2, 0.25) is 0 Å². The smallest absolute Gasteiger partial charge is 0.254 e. The lowest BCUT2D eigenvalue weighted by Crippen LogP contribution is -2.37. The maximum absolute atomic E-state index is 13.6. The van der Waals surface area contributed by atoms with Crippen LogP contribution < -0.4 is 5.73 Å². The number of amides is 1. The highest BCUT2D eigenvalue weighted by Gasteiger charge is 2.25. The summed E-state index contributed by atoms with van der Waals surface area (Å²) >= 11 is 3.24. The van der Waals surface area contributed by atoms with Gasteiger partial charge in [0.15, 0.2) is 0 Å². The molecule has 3 rings (SSSR count). The second kappa shape index (κ2) is 5.48. The Labute approximate surface area is 130 Å². The molecule has 2 aromatic carbocycles. The normalized spacial score (nSPS) is 14.2. The summed E-state index contributed by atoms with van der Waals surface area (Å²) in [5.74, 6) is -0.374. The van der Waals surface area contributed by atoms with Crippen molar-refractivity contribution >= 4 is 27.5 Å². The molecule has 108 valence electrons. The molecule has 0 radical (unpaired) electrons. The van der Waals surface area contributed by atoms with E-state index in [0.29, 0.717) is 28.8 Å². The van der Waals surface area contributed by atoms with E-state index < -0.39 is 0 Å². The van der Waals surface area contributed by atoms with Gasteiger partial charge in [-0.1, -0.05) is 18.2 Å². The maximum Gasteiger partial charge on any atom is 0.254 e. The number of halogens is 2. The van der Waals surface area contributed by atoms with Crippen LogP contribution in [0.5, 0.6) is 0 Å². The maximum atomic E-state index is 13.6. The number of rotatable bonds is 2. The third-order valence-corrected chi connectivity index (χ3v) is 4.58. The van der Waals surface area contributed by atoms with Gasteiger partial charge in [-0.2, -0.15) is 0 Å². The molecule has 0 bridgehead atoms. The van der Waals surface area contributed by atoms with Gasteiger partial charge in [0, 0.05) is 24.3 Å². The SMILES string of the molecule is Nc1ccc2c(c1)C(=O)N(Cc1cccc(F)c1Br)CC2. The number of fused-ring (bicyclic) bond motifs is 1. The van der Waals surface area contributed by atoms with E-state index in [4.69, 9.17) is 5.73 Å². The predicted molar refractivity (Wildman–Crippen MR) is 83.4 cm³/mol. The van der Waals surface area contributed by atoms with Crippen molar-refractivity contribution in [2.75, 3.05) is 12.3 Å². The Morgan fingerprint density at radius 2 is 2.10 bits per heavy atom. The van der Waals surface area contributed by atoms with Crippen LogP contribution in [-0.4, -0.2) is 17.4 Å². The third-order valence-electron chi connectivity index (χ3n) is 3.70. The summed E-state index contributed by atoms with van der Waals surface area (Å²) in [6, 6.07) is 10.3. The number of hydrogen-bond donors (Lipinski definition) is 1. The number of benzene rings is 2. The second-order valence-electron chi connectivity index (χ2n) is 5.11. The number of carbonyl (C=O) groups excluding carboxylic acids is 1. The van der Waals surface area contributed by atoms with Crippen molar-refractivity contribution in [1.82, 2.24) is 4.90 Å². The Hall–Kier alpha value is -1.88. The van der Waals surface area contributed by atoms with Crippen LogP contribution in [-0.2, 0) is 13.0 Å². The molecule has 0 aromatic heterocycles. The minimum Gasteiger partial charge on any atom is -0.399 e. The summed E-state index contributed by atoms with van der Waals surface area (Å²) in [6.07, 6.45) is 0.786. The average molecular weight is 349 g/mol. The van der Waals surface area contributed by atoms with E-state index in [1.165, 1.54) is 6.07 Å². The zero-order chi connectivity index (χ0) is 15.0. The number of nitrogens with two attached hydrogens (primary N) is 1. The summed E-state index contributed by atoms with van der Waals surface area (Å²) in [6.45, 7) is 1.00. The molecule has 3 nitrogen and oxygen atoms in total. The molecule has 1 heterocycles. The Bertz CT molecular complexity index is 717. The molecule has 21 heavy (non-hydrogen) atoms. The second-order valence-corrected chi connectivity index (χ2v) is 5.90. The molecule has 1 amide bonds. The first-order valence-corrected chi connectivity index (χ1v) is 7.46. The molecular formula is C16H14BrFN2O. The van der Waals surface area contributed by atoms with Gasteiger partial charge in [-0.15, -0.1) is 0 Å². The van der Waals surface area contributed by atoms with Crippen molar-refractivity contribution in [3.8, 4) is 0 Å². The fourth-order valence-electron chi connectivity index (χ4n) is 2.57. The molecule has 1 aliphatic heterocycles. The van der Waals surface area contributed by atoms with Crippen LogP contribution in [0.4, 0.5) is 10.1 Å². The van der Waals surface area contributed by atoms with Crippen LogP contribution in [0, 0.1) is 5.82 Å². The highest BCUT2D eigenvalue weighted by atomic mass is 79.9. The first kappa shape index (κ1) is 14.1. The van der Waals surface area contributed by atoms with Crippen LogP contribution in [0.15, 0.2) is 40.9 Å². The fourth-order valence-corrected chi connectivity index (χ4v) is 2.96. The van der Waals surface area contributed by atoms with Gasteiger partial charge in [0.2, 0.25) is 0 Å². The minimum absolute atomic E-state index is 0.0558. The molecule has 0 saturated heterocycles. The molecule has 0 spiro atoms. The molecule has 2 N–H and O–H groups in total. The van der Waals surface area contributed by atoms with Crippen LogP contribution >= 0.6 is 15.9 Å². The van der Waals surface area contributed by atoms with Gasteiger partial charge in [-0.05, 0) is 51.7 Å². The van der Waals surface area contributed by atoms with Gasteiger partial charge < -0.3 is 10.6 Å². The molecule has 0 unspecified atom stereocenters. The molecule has 0 fully saturated rings. The summed E-state index contributed by atoms with van der Waals surface area (Å²) in [7, 11) is 0. The zero-order valence-electron chi connectivity index (χ0n) is 11.3. The molecule has 5 heteroatoms. The summed E-state index contributed by atoms with van der Waals surface area (Å²) in [4.78, 5) is 14.3. The first-order valence-electron chi connectivity index (χ1n) is 6.67. The fraction of sp³-hybridized carbons (Fsp3) is 0.188. The topological polar surface area (TPSA) is 46.3 Å². The van der Waals surface area contributed by atoms with E-state index in [1.807, 2.05) is 18.2 Å². The van der Waals surface area contributed by atoms with Gasteiger partial charge in [0.25, 0.3) is 5.91 Å². The monoisotopic (exact) mass is 348 g/mol. The Balaban J connectivity index is 1.88. The van der Waals surface area contributed by atoms with Gasteiger partial charge >= 0.3 is 0 Å². The minimum atomic E-state index is -0.318. The molecule has 1 aliphatic rings. The van der Waals surface area contributed by atoms with Crippen LogP contribution in [0.1, 0.15) is 21.5 Å². The molecule has 0 saturated carbocycles. The van der Waals surface area contributed by atoms with Crippen molar-refractivity contribution in [2.45, 2.75) is 13.0 Å². The predicted octanol–water partition coefficient (Wildman–Crippen LogP) is 3.37. The lowest BCUT2D eigenvalue weighted by Gasteiger charge is -2.29.